The lowest BCUT2D eigenvalue weighted by atomic mass is 10.2. The standard InChI is InChI=1S/C17H18BrNO2S/c1-12-9-14(18)5-8-16(12)21-11-17(20)19-10-13-3-6-15(22-2)7-4-13/h3-9H,10-11H2,1-2H3,(H,19,20). The molecular weight excluding hydrogens is 362 g/mol. The van der Waals surface area contributed by atoms with Gasteiger partial charge in [-0.25, -0.2) is 0 Å². The van der Waals surface area contributed by atoms with Crippen LogP contribution in [0, 0.1) is 6.92 Å². The number of nitrogens with one attached hydrogen (secondary N) is 1. The number of aryl methyl sites for hydroxylation is 1. The Kier molecular flexibility index (Phi) is 6.34. The Morgan fingerprint density at radius 2 is 1.95 bits per heavy atom. The topological polar surface area (TPSA) is 38.3 Å². The Morgan fingerprint density at radius 3 is 2.59 bits per heavy atom. The third-order valence-electron chi connectivity index (χ3n) is 3.14. The van der Waals surface area contributed by atoms with Gasteiger partial charge in [-0.15, -0.1) is 11.8 Å². The van der Waals surface area contributed by atoms with Crippen LogP contribution < -0.4 is 10.1 Å². The molecule has 0 aliphatic heterocycles. The maximum atomic E-state index is 11.8. The van der Waals surface area contributed by atoms with E-state index in [2.05, 4.69) is 21.2 Å². The second kappa shape index (κ2) is 8.25. The molecule has 0 fully saturated rings. The summed E-state index contributed by atoms with van der Waals surface area (Å²) in [5.41, 5.74) is 2.07. The lowest BCUT2D eigenvalue weighted by Gasteiger charge is -2.10. The van der Waals surface area contributed by atoms with Crippen LogP contribution in [-0.4, -0.2) is 18.8 Å². The van der Waals surface area contributed by atoms with Gasteiger partial charge in [0.15, 0.2) is 6.61 Å². The van der Waals surface area contributed by atoms with E-state index < -0.39 is 0 Å². The molecule has 2 aromatic carbocycles. The van der Waals surface area contributed by atoms with E-state index in [4.69, 9.17) is 4.74 Å². The Hall–Kier alpha value is -1.46. The third-order valence-corrected chi connectivity index (χ3v) is 4.38. The highest BCUT2D eigenvalue weighted by atomic mass is 79.9. The molecule has 0 saturated carbocycles. The zero-order valence-corrected chi connectivity index (χ0v) is 15.0. The van der Waals surface area contributed by atoms with E-state index in [-0.39, 0.29) is 12.5 Å². The van der Waals surface area contributed by atoms with E-state index in [9.17, 15) is 4.79 Å². The largest absolute Gasteiger partial charge is 0.484 e. The molecule has 116 valence electrons. The van der Waals surface area contributed by atoms with E-state index >= 15 is 0 Å². The van der Waals surface area contributed by atoms with Crippen molar-refractivity contribution in [3.8, 4) is 5.75 Å². The number of rotatable bonds is 6. The molecule has 0 radical (unpaired) electrons. The van der Waals surface area contributed by atoms with Crippen LogP contribution in [0.4, 0.5) is 0 Å². The molecule has 0 aliphatic carbocycles. The zero-order valence-electron chi connectivity index (χ0n) is 12.6. The molecule has 5 heteroatoms. The van der Waals surface area contributed by atoms with Gasteiger partial charge in [0.05, 0.1) is 0 Å². The summed E-state index contributed by atoms with van der Waals surface area (Å²) in [6.45, 7) is 2.48. The normalized spacial score (nSPS) is 10.3. The molecule has 0 atom stereocenters. The minimum absolute atomic E-state index is 0.0192. The molecule has 0 spiro atoms. The first-order valence-electron chi connectivity index (χ1n) is 6.87. The van der Waals surface area contributed by atoms with E-state index in [1.54, 1.807) is 11.8 Å². The van der Waals surface area contributed by atoms with Gasteiger partial charge >= 0.3 is 0 Å². The number of halogens is 1. The first kappa shape index (κ1) is 16.9. The van der Waals surface area contributed by atoms with Crippen LogP contribution in [0.1, 0.15) is 11.1 Å². The maximum absolute atomic E-state index is 11.8. The summed E-state index contributed by atoms with van der Waals surface area (Å²) in [7, 11) is 0. The van der Waals surface area contributed by atoms with Crippen LogP contribution in [0.3, 0.4) is 0 Å². The molecule has 0 aliphatic rings. The molecule has 1 amide bonds. The average Bonchev–Trinajstić information content (AvgIpc) is 2.52. The molecule has 0 heterocycles. The zero-order chi connectivity index (χ0) is 15.9. The number of carbonyl (C=O) groups is 1. The third kappa shape index (κ3) is 5.07. The van der Waals surface area contributed by atoms with Crippen molar-refractivity contribution >= 4 is 33.6 Å². The number of hydrogen-bond acceptors (Lipinski definition) is 3. The number of carbonyl (C=O) groups excluding carboxylic acids is 1. The highest BCUT2D eigenvalue weighted by Crippen LogP contribution is 2.22. The van der Waals surface area contributed by atoms with Crippen LogP contribution >= 0.6 is 27.7 Å². The van der Waals surface area contributed by atoms with Crippen LogP contribution in [0.25, 0.3) is 0 Å². The lowest BCUT2D eigenvalue weighted by molar-refractivity contribution is -0.123. The summed E-state index contributed by atoms with van der Waals surface area (Å²) in [6, 6.07) is 13.8. The molecule has 1 N–H and O–H groups in total. The Morgan fingerprint density at radius 1 is 1.23 bits per heavy atom. The average molecular weight is 380 g/mol. The van der Waals surface area contributed by atoms with E-state index in [0.29, 0.717) is 6.54 Å². The highest BCUT2D eigenvalue weighted by molar-refractivity contribution is 9.10. The fraction of sp³-hybridized carbons (Fsp3) is 0.235. The Bertz CT molecular complexity index is 644. The van der Waals surface area contributed by atoms with Gasteiger partial charge in [-0.2, -0.15) is 0 Å². The molecule has 0 aromatic heterocycles. The van der Waals surface area contributed by atoms with Gasteiger partial charge < -0.3 is 10.1 Å². The molecule has 0 bridgehead atoms. The fourth-order valence-corrected chi connectivity index (χ4v) is 2.80. The number of ether oxygens (including phenoxy) is 1. The van der Waals surface area contributed by atoms with Gasteiger partial charge in [-0.1, -0.05) is 28.1 Å². The second-order valence-electron chi connectivity index (χ2n) is 4.82. The first-order valence-corrected chi connectivity index (χ1v) is 8.89. The summed E-state index contributed by atoms with van der Waals surface area (Å²) >= 11 is 5.10. The molecule has 0 unspecified atom stereocenters. The van der Waals surface area contributed by atoms with Crippen molar-refractivity contribution in [1.82, 2.24) is 5.32 Å². The van der Waals surface area contributed by atoms with Crippen LogP contribution in [0.2, 0.25) is 0 Å². The van der Waals surface area contributed by atoms with E-state index in [0.717, 1.165) is 21.3 Å². The van der Waals surface area contributed by atoms with Crippen molar-refractivity contribution in [2.45, 2.75) is 18.4 Å². The first-order chi connectivity index (χ1) is 10.6. The maximum Gasteiger partial charge on any atom is 0.258 e. The molecule has 3 nitrogen and oxygen atoms in total. The molecule has 2 aromatic rings. The summed E-state index contributed by atoms with van der Waals surface area (Å²) in [5.74, 6) is 0.596. The van der Waals surface area contributed by atoms with Crippen LogP contribution in [0.15, 0.2) is 51.8 Å². The number of hydrogen-bond donors (Lipinski definition) is 1. The van der Waals surface area contributed by atoms with Crippen LogP contribution in [0.5, 0.6) is 5.75 Å². The second-order valence-corrected chi connectivity index (χ2v) is 6.62. The lowest BCUT2D eigenvalue weighted by Crippen LogP contribution is -2.28. The van der Waals surface area contributed by atoms with Crippen molar-refractivity contribution < 1.29 is 9.53 Å². The van der Waals surface area contributed by atoms with E-state index in [1.165, 1.54) is 4.90 Å². The SMILES string of the molecule is CSc1ccc(CNC(=O)COc2ccc(Br)cc2C)cc1. The van der Waals surface area contributed by atoms with Gasteiger partial charge in [0.1, 0.15) is 5.75 Å². The number of thioether (sulfide) groups is 1. The van der Waals surface area contributed by atoms with Crippen molar-refractivity contribution in [3.05, 3.63) is 58.1 Å². The Labute approximate surface area is 143 Å². The molecule has 2 rings (SSSR count). The van der Waals surface area contributed by atoms with Crippen molar-refractivity contribution in [2.75, 3.05) is 12.9 Å². The van der Waals surface area contributed by atoms with Gasteiger partial charge in [0.2, 0.25) is 0 Å². The predicted octanol–water partition coefficient (Wildman–Crippen LogP) is 4.17. The predicted molar refractivity (Wildman–Crippen MR) is 94.4 cm³/mol. The summed E-state index contributed by atoms with van der Waals surface area (Å²) < 4.78 is 6.54. The monoisotopic (exact) mass is 379 g/mol. The van der Waals surface area contributed by atoms with Gasteiger partial charge in [0, 0.05) is 15.9 Å². The minimum atomic E-state index is -0.128. The van der Waals surface area contributed by atoms with Crippen molar-refractivity contribution in [1.29, 1.82) is 0 Å². The van der Waals surface area contributed by atoms with Gasteiger partial charge in [-0.05, 0) is 54.6 Å². The van der Waals surface area contributed by atoms with Crippen molar-refractivity contribution in [3.63, 3.8) is 0 Å². The van der Waals surface area contributed by atoms with Gasteiger partial charge in [0.25, 0.3) is 5.91 Å². The quantitative estimate of drug-likeness (QED) is 0.765. The van der Waals surface area contributed by atoms with Crippen LogP contribution in [-0.2, 0) is 11.3 Å². The number of amides is 1. The highest BCUT2D eigenvalue weighted by Gasteiger charge is 2.05. The van der Waals surface area contributed by atoms with E-state index in [1.807, 2.05) is 55.6 Å². The van der Waals surface area contributed by atoms with Gasteiger partial charge in [-0.3, -0.25) is 4.79 Å². The van der Waals surface area contributed by atoms with Crippen molar-refractivity contribution in [2.24, 2.45) is 0 Å². The molecular formula is C17H18BrNO2S. The fourth-order valence-electron chi connectivity index (χ4n) is 1.91. The smallest absolute Gasteiger partial charge is 0.258 e. The molecule has 0 saturated heterocycles. The number of benzene rings is 2. The minimum Gasteiger partial charge on any atom is -0.484 e. The summed E-state index contributed by atoms with van der Waals surface area (Å²) in [5, 5.41) is 2.86. The summed E-state index contributed by atoms with van der Waals surface area (Å²) in [4.78, 5) is 13.1. The summed E-state index contributed by atoms with van der Waals surface area (Å²) in [6.07, 6.45) is 2.04. The Balaban J connectivity index is 1.80. The molecule has 22 heavy (non-hydrogen) atoms.